The molecule has 0 fully saturated rings. The molecule has 0 aliphatic heterocycles. The number of esters is 1. The lowest BCUT2D eigenvalue weighted by atomic mass is 10.8. The van der Waals surface area contributed by atoms with Crippen LogP contribution in [0.15, 0.2) is 12.8 Å². The van der Waals surface area contributed by atoms with E-state index in [9.17, 15) is 9.59 Å². The molecule has 0 heterocycles. The quantitative estimate of drug-likeness (QED) is 0.369. The molecule has 0 aromatic carbocycles. The zero-order valence-corrected chi connectivity index (χ0v) is 6.79. The Hall–Kier alpha value is -1.32. The zero-order valence-electron chi connectivity index (χ0n) is 6.79. The molecule has 0 spiro atoms. The number of carbonyl (C=O) groups excluding carboxylic acids is 2. The minimum absolute atomic E-state index is 0.329. The highest BCUT2D eigenvalue weighted by atomic mass is 16.5. The highest BCUT2D eigenvalue weighted by Crippen LogP contribution is 1.70. The summed E-state index contributed by atoms with van der Waals surface area (Å²) < 4.78 is 4.17. The van der Waals surface area contributed by atoms with Crippen LogP contribution in [0.2, 0.25) is 0 Å². The Labute approximate surface area is 66.2 Å². The molecule has 0 rings (SSSR count). The highest BCUT2D eigenvalue weighted by Gasteiger charge is 1.79. The first-order chi connectivity index (χ1) is 5.18. The lowest BCUT2D eigenvalue weighted by molar-refractivity contribution is -0.135. The van der Waals surface area contributed by atoms with Crippen molar-refractivity contribution in [3.63, 3.8) is 0 Å². The molecule has 0 unspecified atom stereocenters. The highest BCUT2D eigenvalue weighted by molar-refractivity contribution is 5.66. The van der Waals surface area contributed by atoms with Gasteiger partial charge in [-0.3, -0.25) is 9.59 Å². The number of amides is 1. The summed E-state index contributed by atoms with van der Waals surface area (Å²) in [6.45, 7) is 7.07. The zero-order chi connectivity index (χ0) is 9.11. The van der Waals surface area contributed by atoms with E-state index < -0.39 is 0 Å². The Kier molecular flexibility index (Phi) is 12.9. The maximum Gasteiger partial charge on any atom is 0.307 e. The third-order valence-corrected chi connectivity index (χ3v) is 0.537. The van der Waals surface area contributed by atoms with Crippen LogP contribution in [0, 0.1) is 0 Å². The molecule has 4 heteroatoms. The minimum atomic E-state index is -0.329. The Morgan fingerprint density at radius 2 is 2.27 bits per heavy atom. The average molecular weight is 159 g/mol. The van der Waals surface area contributed by atoms with Crippen LogP contribution in [-0.2, 0) is 14.3 Å². The van der Waals surface area contributed by atoms with Crippen molar-refractivity contribution in [3.8, 4) is 0 Å². The summed E-state index contributed by atoms with van der Waals surface area (Å²) >= 11 is 0. The van der Waals surface area contributed by atoms with E-state index >= 15 is 0 Å². The Bertz CT molecular complexity index is 123. The molecule has 0 saturated heterocycles. The molecular formula is C7H13NO3. The molecule has 0 aliphatic rings. The van der Waals surface area contributed by atoms with Crippen LogP contribution in [0.1, 0.15) is 13.8 Å². The maximum atomic E-state index is 9.75. The average Bonchev–Trinajstić information content (AvgIpc) is 1.90. The maximum absolute atomic E-state index is 9.75. The lowest BCUT2D eigenvalue weighted by Gasteiger charge is -1.83. The van der Waals surface area contributed by atoms with Gasteiger partial charge in [-0.1, -0.05) is 6.58 Å². The standard InChI is InChI=1S/C4H6O2.C3H7NO/c1-3-6-4(2)5;1-2-4-3-5/h3H,1H2,2H3;3H,2H2,1H3,(H,4,5). The molecule has 0 aliphatic carbocycles. The topological polar surface area (TPSA) is 55.4 Å². The van der Waals surface area contributed by atoms with Crippen molar-refractivity contribution in [2.24, 2.45) is 0 Å². The summed E-state index contributed by atoms with van der Waals surface area (Å²) in [7, 11) is 0. The first kappa shape index (κ1) is 12.4. The molecule has 1 amide bonds. The normalized spacial score (nSPS) is 6.73. The smallest absolute Gasteiger partial charge is 0.307 e. The monoisotopic (exact) mass is 159 g/mol. The second-order valence-corrected chi connectivity index (χ2v) is 1.45. The van der Waals surface area contributed by atoms with Crippen LogP contribution in [0.5, 0.6) is 0 Å². The van der Waals surface area contributed by atoms with E-state index in [2.05, 4.69) is 16.6 Å². The first-order valence-corrected chi connectivity index (χ1v) is 3.14. The van der Waals surface area contributed by atoms with Gasteiger partial charge in [-0.25, -0.2) is 0 Å². The summed E-state index contributed by atoms with van der Waals surface area (Å²) in [4.78, 5) is 19.0. The molecule has 0 aromatic heterocycles. The van der Waals surface area contributed by atoms with E-state index in [4.69, 9.17) is 0 Å². The van der Waals surface area contributed by atoms with Crippen molar-refractivity contribution in [1.29, 1.82) is 0 Å². The Morgan fingerprint density at radius 1 is 1.73 bits per heavy atom. The first-order valence-electron chi connectivity index (χ1n) is 3.14. The van der Waals surface area contributed by atoms with Gasteiger partial charge in [0, 0.05) is 13.5 Å². The molecule has 0 radical (unpaired) electrons. The van der Waals surface area contributed by atoms with E-state index in [1.807, 2.05) is 6.92 Å². The molecule has 0 bridgehead atoms. The van der Waals surface area contributed by atoms with E-state index in [1.165, 1.54) is 6.92 Å². The van der Waals surface area contributed by atoms with Gasteiger partial charge in [-0.2, -0.15) is 0 Å². The fraction of sp³-hybridized carbons (Fsp3) is 0.429. The molecular weight excluding hydrogens is 146 g/mol. The lowest BCUT2D eigenvalue weighted by Crippen LogP contribution is -2.07. The fourth-order valence-corrected chi connectivity index (χ4v) is 0.201. The summed E-state index contributed by atoms with van der Waals surface area (Å²) in [6.07, 6.45) is 1.78. The van der Waals surface area contributed by atoms with Crippen LogP contribution in [-0.4, -0.2) is 18.9 Å². The third kappa shape index (κ3) is 28.6. The van der Waals surface area contributed by atoms with E-state index in [1.54, 1.807) is 0 Å². The van der Waals surface area contributed by atoms with Gasteiger partial charge in [0.2, 0.25) is 6.41 Å². The number of carbonyl (C=O) groups is 2. The molecule has 1 N–H and O–H groups in total. The van der Waals surface area contributed by atoms with E-state index in [-0.39, 0.29) is 5.97 Å². The van der Waals surface area contributed by atoms with Crippen LogP contribution in [0.3, 0.4) is 0 Å². The molecule has 0 saturated carbocycles. The minimum Gasteiger partial charge on any atom is -0.435 e. The van der Waals surface area contributed by atoms with Crippen LogP contribution in [0.25, 0.3) is 0 Å². The van der Waals surface area contributed by atoms with Gasteiger partial charge < -0.3 is 10.1 Å². The summed E-state index contributed by atoms with van der Waals surface area (Å²) in [5.74, 6) is -0.329. The van der Waals surface area contributed by atoms with E-state index in [0.717, 1.165) is 12.8 Å². The SMILES string of the molecule is C=COC(C)=O.CCNC=O. The largest absolute Gasteiger partial charge is 0.435 e. The van der Waals surface area contributed by atoms with Gasteiger partial charge in [-0.15, -0.1) is 0 Å². The summed E-state index contributed by atoms with van der Waals surface area (Å²) in [5.41, 5.74) is 0. The Morgan fingerprint density at radius 3 is 2.27 bits per heavy atom. The van der Waals surface area contributed by atoms with Crippen molar-refractivity contribution >= 4 is 12.4 Å². The van der Waals surface area contributed by atoms with Crippen molar-refractivity contribution in [2.75, 3.05) is 6.54 Å². The number of nitrogens with one attached hydrogen (secondary N) is 1. The van der Waals surface area contributed by atoms with Crippen LogP contribution < -0.4 is 5.32 Å². The predicted octanol–water partition coefficient (Wildman–Crippen LogP) is 0.445. The van der Waals surface area contributed by atoms with Gasteiger partial charge in [0.15, 0.2) is 0 Å². The number of hydrogen-bond donors (Lipinski definition) is 1. The molecule has 0 atom stereocenters. The third-order valence-electron chi connectivity index (χ3n) is 0.537. The van der Waals surface area contributed by atoms with Crippen molar-refractivity contribution < 1.29 is 14.3 Å². The van der Waals surface area contributed by atoms with Gasteiger partial charge >= 0.3 is 5.97 Å². The predicted molar refractivity (Wildman–Crippen MR) is 41.7 cm³/mol. The molecule has 11 heavy (non-hydrogen) atoms. The second-order valence-electron chi connectivity index (χ2n) is 1.45. The molecule has 4 nitrogen and oxygen atoms in total. The van der Waals surface area contributed by atoms with Gasteiger partial charge in [0.1, 0.15) is 0 Å². The molecule has 0 aromatic rings. The Balaban J connectivity index is 0. The number of hydrogen-bond acceptors (Lipinski definition) is 3. The van der Waals surface area contributed by atoms with Crippen molar-refractivity contribution in [3.05, 3.63) is 12.8 Å². The number of ether oxygens (including phenoxy) is 1. The van der Waals surface area contributed by atoms with Crippen LogP contribution >= 0.6 is 0 Å². The van der Waals surface area contributed by atoms with Gasteiger partial charge in [0.05, 0.1) is 6.26 Å². The van der Waals surface area contributed by atoms with E-state index in [0.29, 0.717) is 6.41 Å². The fourth-order valence-electron chi connectivity index (χ4n) is 0.201. The van der Waals surface area contributed by atoms with Crippen molar-refractivity contribution in [2.45, 2.75) is 13.8 Å². The van der Waals surface area contributed by atoms with Crippen molar-refractivity contribution in [1.82, 2.24) is 5.32 Å². The van der Waals surface area contributed by atoms with Gasteiger partial charge in [-0.05, 0) is 6.92 Å². The van der Waals surface area contributed by atoms with Gasteiger partial charge in [0.25, 0.3) is 0 Å². The summed E-state index contributed by atoms with van der Waals surface area (Å²) in [6, 6.07) is 0. The molecule has 64 valence electrons. The second kappa shape index (κ2) is 11.5. The van der Waals surface area contributed by atoms with Crippen LogP contribution in [0.4, 0.5) is 0 Å². The number of rotatable bonds is 3. The summed E-state index contributed by atoms with van der Waals surface area (Å²) in [5, 5.41) is 2.43.